The lowest BCUT2D eigenvalue weighted by molar-refractivity contribution is -0.135. The summed E-state index contributed by atoms with van der Waals surface area (Å²) in [6.45, 7) is 5.57. The quantitative estimate of drug-likeness (QED) is 0.420. The summed E-state index contributed by atoms with van der Waals surface area (Å²) in [5.74, 6) is -1.23. The highest BCUT2D eigenvalue weighted by molar-refractivity contribution is 7.92. The van der Waals surface area contributed by atoms with Gasteiger partial charge < -0.3 is 15.4 Å². The summed E-state index contributed by atoms with van der Waals surface area (Å²) >= 11 is 0. The first-order chi connectivity index (χ1) is 14.1. The number of hydrogen-bond donors (Lipinski definition) is 3. The largest absolute Gasteiger partial charge is 0.466 e. The molecular weight excluding hydrogens is 410 g/mol. The van der Waals surface area contributed by atoms with E-state index >= 15 is 0 Å². The van der Waals surface area contributed by atoms with Crippen LogP contribution in [0.2, 0.25) is 0 Å². The number of aromatic nitrogens is 2. The topological polar surface area (TPSA) is 139 Å². The lowest BCUT2D eigenvalue weighted by Crippen LogP contribution is -2.28. The van der Waals surface area contributed by atoms with E-state index in [1.807, 2.05) is 0 Å². The van der Waals surface area contributed by atoms with Gasteiger partial charge in [0.2, 0.25) is 5.95 Å². The number of likely N-dealkylation sites (N-methyl/N-ethyl adjacent to an activating group) is 1. The minimum absolute atomic E-state index is 0.0192. The molecule has 2 rings (SSSR count). The third-order valence-electron chi connectivity index (χ3n) is 3.70. The van der Waals surface area contributed by atoms with Crippen LogP contribution in [0.5, 0.6) is 0 Å². The molecule has 11 heteroatoms. The van der Waals surface area contributed by atoms with Crippen LogP contribution >= 0.6 is 0 Å². The van der Waals surface area contributed by atoms with Crippen LogP contribution in [-0.2, 0) is 24.3 Å². The zero-order valence-corrected chi connectivity index (χ0v) is 17.8. The molecule has 0 saturated carbocycles. The van der Waals surface area contributed by atoms with Gasteiger partial charge >= 0.3 is 5.97 Å². The van der Waals surface area contributed by atoms with Crippen LogP contribution in [0.25, 0.3) is 0 Å². The summed E-state index contributed by atoms with van der Waals surface area (Å²) in [4.78, 5) is 31.7. The van der Waals surface area contributed by atoms with E-state index in [1.54, 1.807) is 26.8 Å². The number of sulfonamides is 1. The Bertz CT molecular complexity index is 1040. The number of esters is 1. The maximum absolute atomic E-state index is 12.6. The maximum atomic E-state index is 12.6. The van der Waals surface area contributed by atoms with Crippen molar-refractivity contribution < 1.29 is 22.7 Å². The van der Waals surface area contributed by atoms with Crippen molar-refractivity contribution in [2.45, 2.75) is 25.7 Å². The van der Waals surface area contributed by atoms with E-state index in [0.717, 1.165) is 6.08 Å². The molecule has 2 aromatic rings. The summed E-state index contributed by atoms with van der Waals surface area (Å²) in [6.07, 6.45) is 1.01. The Morgan fingerprint density at radius 2 is 1.70 bits per heavy atom. The minimum atomic E-state index is -3.91. The molecule has 30 heavy (non-hydrogen) atoms. The summed E-state index contributed by atoms with van der Waals surface area (Å²) in [5.41, 5.74) is 1.63. The second kappa shape index (κ2) is 9.83. The predicted molar refractivity (Wildman–Crippen MR) is 111 cm³/mol. The number of carbonyl (C=O) groups is 2. The number of nitrogens with one attached hydrogen (secondary N) is 3. The molecule has 0 aliphatic rings. The van der Waals surface area contributed by atoms with Crippen molar-refractivity contribution in [1.82, 2.24) is 15.3 Å². The van der Waals surface area contributed by atoms with E-state index in [9.17, 15) is 18.0 Å². The number of nitrogens with zero attached hydrogens (tertiary/aromatic N) is 2. The molecule has 0 saturated heterocycles. The van der Waals surface area contributed by atoms with Gasteiger partial charge in [-0.25, -0.2) is 27.9 Å². The third kappa shape index (κ3) is 6.27. The van der Waals surface area contributed by atoms with Gasteiger partial charge in [0.05, 0.1) is 18.1 Å². The highest BCUT2D eigenvalue weighted by atomic mass is 32.2. The van der Waals surface area contributed by atoms with E-state index in [2.05, 4.69) is 30.1 Å². The highest BCUT2D eigenvalue weighted by Crippen LogP contribution is 2.18. The Kier molecular flexibility index (Phi) is 7.48. The van der Waals surface area contributed by atoms with E-state index in [0.29, 0.717) is 23.6 Å². The maximum Gasteiger partial charge on any atom is 0.332 e. The zero-order valence-electron chi connectivity index (χ0n) is 17.0. The number of carbonyl (C=O) groups excluding carboxylic acids is 2. The fraction of sp³-hybridized carbons (Fsp3) is 0.263. The van der Waals surface area contributed by atoms with Crippen LogP contribution in [0.3, 0.4) is 0 Å². The molecule has 1 aromatic heterocycles. The minimum Gasteiger partial charge on any atom is -0.466 e. The van der Waals surface area contributed by atoms with Crippen LogP contribution in [0, 0.1) is 13.8 Å². The summed E-state index contributed by atoms with van der Waals surface area (Å²) in [5, 5.41) is 5.35. The molecule has 0 unspecified atom stereocenters. The van der Waals surface area contributed by atoms with Crippen molar-refractivity contribution in [3.05, 3.63) is 53.5 Å². The Balaban J connectivity index is 2.22. The summed E-state index contributed by atoms with van der Waals surface area (Å²) < 4.78 is 32.1. The van der Waals surface area contributed by atoms with Crippen molar-refractivity contribution in [3.63, 3.8) is 0 Å². The fourth-order valence-electron chi connectivity index (χ4n) is 2.41. The lowest BCUT2D eigenvalue weighted by Gasteiger charge is -2.12. The van der Waals surface area contributed by atoms with Gasteiger partial charge in [0, 0.05) is 23.6 Å². The van der Waals surface area contributed by atoms with Gasteiger partial charge in [-0.05, 0) is 51.1 Å². The predicted octanol–water partition coefficient (Wildman–Crippen LogP) is 1.50. The average Bonchev–Trinajstić information content (AvgIpc) is 2.66. The van der Waals surface area contributed by atoms with Crippen LogP contribution in [0.1, 0.15) is 18.3 Å². The second-order valence-electron chi connectivity index (χ2n) is 6.17. The molecule has 0 aliphatic carbocycles. The molecule has 1 heterocycles. The first kappa shape index (κ1) is 22.8. The Hall–Kier alpha value is -3.47. The average molecular weight is 433 g/mol. The highest BCUT2D eigenvalue weighted by Gasteiger charge is 2.17. The Morgan fingerprint density at radius 3 is 2.23 bits per heavy atom. The van der Waals surface area contributed by atoms with Crippen LogP contribution in [-0.4, -0.2) is 43.9 Å². The molecule has 1 amide bonds. The Labute approximate surface area is 174 Å². The second-order valence-corrected chi connectivity index (χ2v) is 7.85. The fourth-order valence-corrected chi connectivity index (χ4v) is 3.36. The molecule has 0 atom stereocenters. The first-order valence-electron chi connectivity index (χ1n) is 8.94. The lowest BCUT2D eigenvalue weighted by atomic mass is 10.3. The van der Waals surface area contributed by atoms with E-state index in [-0.39, 0.29) is 16.5 Å². The van der Waals surface area contributed by atoms with Crippen molar-refractivity contribution >= 4 is 33.5 Å². The zero-order chi connectivity index (χ0) is 22.3. The number of methoxy groups -OCH3 is 1. The summed E-state index contributed by atoms with van der Waals surface area (Å²) in [6, 6.07) is 7.34. The number of hydrogen-bond acceptors (Lipinski definition) is 8. The van der Waals surface area contributed by atoms with E-state index in [1.165, 1.54) is 31.4 Å². The molecule has 0 fully saturated rings. The molecule has 0 radical (unpaired) electrons. The number of amides is 1. The molecule has 10 nitrogen and oxygen atoms in total. The van der Waals surface area contributed by atoms with Gasteiger partial charge in [0.1, 0.15) is 5.70 Å². The van der Waals surface area contributed by atoms with Gasteiger partial charge in [-0.2, -0.15) is 0 Å². The standard InChI is InChI=1S/C19H23N5O5S/c1-5-20-18(26)16(11-17(25)29-4)23-14-6-8-15(9-7-14)30(27,28)24-19-21-12(2)10-13(3)22-19/h6-11,23H,5H2,1-4H3,(H,20,26)(H,21,22,24)/b16-11-. The van der Waals surface area contributed by atoms with E-state index < -0.39 is 21.9 Å². The van der Waals surface area contributed by atoms with Gasteiger partial charge in [0.25, 0.3) is 15.9 Å². The van der Waals surface area contributed by atoms with Crippen molar-refractivity contribution in [2.24, 2.45) is 0 Å². The molecule has 160 valence electrons. The molecule has 0 bridgehead atoms. The molecule has 3 N–H and O–H groups in total. The van der Waals surface area contributed by atoms with Crippen molar-refractivity contribution in [2.75, 3.05) is 23.7 Å². The van der Waals surface area contributed by atoms with Gasteiger partial charge in [-0.3, -0.25) is 4.79 Å². The number of anilines is 2. The van der Waals surface area contributed by atoms with E-state index in [4.69, 9.17) is 0 Å². The normalized spacial score (nSPS) is 11.5. The first-order valence-corrected chi connectivity index (χ1v) is 10.4. The molecular formula is C19H23N5O5S. The van der Waals surface area contributed by atoms with Gasteiger partial charge in [-0.15, -0.1) is 0 Å². The number of rotatable bonds is 8. The SMILES string of the molecule is CCNC(=O)/C(=C/C(=O)OC)Nc1ccc(S(=O)(=O)Nc2nc(C)cc(C)n2)cc1. The molecule has 0 spiro atoms. The Morgan fingerprint density at radius 1 is 1.10 bits per heavy atom. The third-order valence-corrected chi connectivity index (χ3v) is 5.04. The smallest absolute Gasteiger partial charge is 0.332 e. The molecule has 1 aromatic carbocycles. The van der Waals surface area contributed by atoms with Crippen LogP contribution < -0.4 is 15.4 Å². The number of benzene rings is 1. The monoisotopic (exact) mass is 433 g/mol. The van der Waals surface area contributed by atoms with Gasteiger partial charge in [-0.1, -0.05) is 0 Å². The number of aryl methyl sites for hydroxylation is 2. The van der Waals surface area contributed by atoms with Crippen molar-refractivity contribution in [3.8, 4) is 0 Å². The van der Waals surface area contributed by atoms with Gasteiger partial charge in [0.15, 0.2) is 0 Å². The number of ether oxygens (including phenoxy) is 1. The van der Waals surface area contributed by atoms with Crippen molar-refractivity contribution in [1.29, 1.82) is 0 Å². The summed E-state index contributed by atoms with van der Waals surface area (Å²) in [7, 11) is -2.72. The van der Waals surface area contributed by atoms with Crippen LogP contribution in [0.4, 0.5) is 11.6 Å². The molecule has 0 aliphatic heterocycles. The van der Waals surface area contributed by atoms with Crippen LogP contribution in [0.15, 0.2) is 47.0 Å².